The molecule has 1 heterocycles. The van der Waals surface area contributed by atoms with Crippen LogP contribution >= 0.6 is 0 Å². The van der Waals surface area contributed by atoms with Gasteiger partial charge in [0, 0.05) is 34.3 Å². The lowest BCUT2D eigenvalue weighted by Gasteiger charge is -2.50. The van der Waals surface area contributed by atoms with Gasteiger partial charge in [0.1, 0.15) is 5.82 Å². The summed E-state index contributed by atoms with van der Waals surface area (Å²) in [6.45, 7) is 13.1. The number of fused-ring (bicyclic) bond motifs is 1. The van der Waals surface area contributed by atoms with Crippen molar-refractivity contribution in [3.05, 3.63) is 66.1 Å². The van der Waals surface area contributed by atoms with Crippen LogP contribution in [0.2, 0.25) is 0 Å². The minimum Gasteiger partial charge on any atom is -0.479 e. The Morgan fingerprint density at radius 2 is 1.65 bits per heavy atom. The normalized spacial score (nSPS) is 15.7. The molecule has 3 radical (unpaired) electrons. The summed E-state index contributed by atoms with van der Waals surface area (Å²) >= 11 is 0. The molecule has 0 saturated heterocycles. The fraction of sp³-hybridized carbons (Fsp3) is 0.400. The highest BCUT2D eigenvalue weighted by molar-refractivity contribution is 6.03. The Bertz CT molecular complexity index is 1340. The summed E-state index contributed by atoms with van der Waals surface area (Å²) in [5.41, 5.74) is 0.292. The quantitative estimate of drug-likeness (QED) is 0.244. The molecule has 0 aliphatic heterocycles. The van der Waals surface area contributed by atoms with Crippen LogP contribution in [0.4, 0.5) is 4.39 Å². The second-order valence-corrected chi connectivity index (χ2v) is 11.5. The van der Waals surface area contributed by atoms with E-state index in [1.807, 2.05) is 45.0 Å². The molecule has 0 amide bonds. The zero-order valence-electron chi connectivity index (χ0n) is 22.6. The van der Waals surface area contributed by atoms with E-state index in [4.69, 9.17) is 4.43 Å². The van der Waals surface area contributed by atoms with Crippen molar-refractivity contribution in [2.45, 2.75) is 66.5 Å². The average Bonchev–Trinajstić information content (AvgIpc) is 3.16. The molecule has 0 fully saturated rings. The minimum atomic E-state index is -1.66. The van der Waals surface area contributed by atoms with E-state index in [1.165, 1.54) is 25.1 Å². The van der Waals surface area contributed by atoms with E-state index in [2.05, 4.69) is 28.9 Å². The fourth-order valence-electron chi connectivity index (χ4n) is 5.04. The van der Waals surface area contributed by atoms with Crippen LogP contribution in [0.3, 0.4) is 0 Å². The van der Waals surface area contributed by atoms with Crippen LogP contribution in [-0.4, -0.2) is 37.5 Å². The maximum absolute atomic E-state index is 13.7. The molecular formula is C30H35FNO4Si. The lowest BCUT2D eigenvalue weighted by Crippen LogP contribution is -2.58. The van der Waals surface area contributed by atoms with Gasteiger partial charge in [0.2, 0.25) is 10.5 Å². The van der Waals surface area contributed by atoms with Crippen molar-refractivity contribution in [3.8, 4) is 11.1 Å². The van der Waals surface area contributed by atoms with Crippen LogP contribution < -0.4 is 0 Å². The Morgan fingerprint density at radius 1 is 1.05 bits per heavy atom. The zero-order chi connectivity index (χ0) is 27.8. The second-order valence-electron chi connectivity index (χ2n) is 11.2. The third-order valence-corrected chi connectivity index (χ3v) is 8.28. The van der Waals surface area contributed by atoms with E-state index >= 15 is 0 Å². The maximum atomic E-state index is 13.7. The van der Waals surface area contributed by atoms with E-state index in [0.717, 1.165) is 27.7 Å². The van der Waals surface area contributed by atoms with Gasteiger partial charge in [-0.2, -0.15) is 0 Å². The van der Waals surface area contributed by atoms with Gasteiger partial charge in [0.05, 0.1) is 5.69 Å². The van der Waals surface area contributed by atoms with Crippen LogP contribution in [0, 0.1) is 16.6 Å². The molecule has 3 aromatic rings. The van der Waals surface area contributed by atoms with E-state index in [9.17, 15) is 19.1 Å². The molecule has 2 aromatic carbocycles. The lowest BCUT2D eigenvalue weighted by molar-refractivity contribution is -0.177. The molecule has 0 aliphatic rings. The first kappa shape index (κ1) is 28.5. The SMILES string of the molecule is CC(C)n1c(C=CC(=O)CC(C)(C(C)(C)C)C(C)(O[Si])C(=O)O)c(-c2ccc(F)cc2)c2ccccc21. The number of aliphatic carboxylic acids is 1. The molecule has 5 nitrogen and oxygen atoms in total. The van der Waals surface area contributed by atoms with Gasteiger partial charge in [-0.3, -0.25) is 4.79 Å². The summed E-state index contributed by atoms with van der Waals surface area (Å²) in [5.74, 6) is -1.70. The summed E-state index contributed by atoms with van der Waals surface area (Å²) in [5, 5.41) is 11.0. The fourth-order valence-corrected chi connectivity index (χ4v) is 5.36. The molecule has 2 atom stereocenters. The summed E-state index contributed by atoms with van der Waals surface area (Å²) in [4.78, 5) is 25.7. The number of benzene rings is 2. The Hall–Kier alpha value is -3.03. The monoisotopic (exact) mass is 520 g/mol. The molecule has 2 unspecified atom stereocenters. The first-order valence-electron chi connectivity index (χ1n) is 12.4. The van der Waals surface area contributed by atoms with E-state index in [-0.39, 0.29) is 24.1 Å². The number of hydrogen-bond acceptors (Lipinski definition) is 3. The number of carboxylic acid groups (broad SMARTS) is 1. The summed E-state index contributed by atoms with van der Waals surface area (Å²) in [7, 11) is 2.97. The highest BCUT2D eigenvalue weighted by Crippen LogP contribution is 2.51. The Morgan fingerprint density at radius 3 is 2.16 bits per heavy atom. The number of carbonyl (C=O) groups is 2. The molecule has 37 heavy (non-hydrogen) atoms. The number of rotatable bonds is 9. The number of carbonyl (C=O) groups excluding carboxylic acids is 1. The number of hydrogen-bond donors (Lipinski definition) is 1. The van der Waals surface area contributed by atoms with Crippen molar-refractivity contribution in [1.29, 1.82) is 0 Å². The van der Waals surface area contributed by atoms with Crippen molar-refractivity contribution in [2.75, 3.05) is 0 Å². The number of para-hydroxylation sites is 1. The standard InChI is InChI=1S/C30H35FNO4Si/c1-19(2)32-24-11-9-8-10-23(24)26(20-12-14-21(31)15-13-20)25(32)17-16-22(33)18-29(6,28(3,4)5)30(7,36-37)27(34)35/h8-17,19H,18H2,1-7H3,(H,34,35). The zero-order valence-corrected chi connectivity index (χ0v) is 23.6. The summed E-state index contributed by atoms with van der Waals surface area (Å²) in [6.07, 6.45) is 3.25. The van der Waals surface area contributed by atoms with Crippen molar-refractivity contribution in [1.82, 2.24) is 4.57 Å². The average molecular weight is 521 g/mol. The van der Waals surface area contributed by atoms with Crippen LogP contribution in [0.1, 0.15) is 66.6 Å². The topological polar surface area (TPSA) is 68.5 Å². The number of nitrogens with zero attached hydrogens (tertiary/aromatic N) is 1. The largest absolute Gasteiger partial charge is 0.479 e. The molecule has 0 aliphatic carbocycles. The molecule has 7 heteroatoms. The second kappa shape index (κ2) is 10.4. The van der Waals surface area contributed by atoms with E-state index in [1.54, 1.807) is 25.1 Å². The molecule has 195 valence electrons. The molecule has 0 bridgehead atoms. The number of ketones is 1. The van der Waals surface area contributed by atoms with Crippen molar-refractivity contribution in [2.24, 2.45) is 10.8 Å². The molecule has 0 spiro atoms. The number of aromatic nitrogens is 1. The van der Waals surface area contributed by atoms with Crippen molar-refractivity contribution in [3.63, 3.8) is 0 Å². The predicted octanol–water partition coefficient (Wildman–Crippen LogP) is 7.00. The number of carboxylic acids is 1. The molecule has 0 saturated carbocycles. The summed E-state index contributed by atoms with van der Waals surface area (Å²) < 4.78 is 21.2. The molecule has 1 aromatic heterocycles. The highest BCUT2D eigenvalue weighted by atomic mass is 28.2. The highest BCUT2D eigenvalue weighted by Gasteiger charge is 2.57. The van der Waals surface area contributed by atoms with Gasteiger partial charge < -0.3 is 14.1 Å². The third-order valence-electron chi connectivity index (χ3n) is 7.87. The summed E-state index contributed by atoms with van der Waals surface area (Å²) in [6, 6.07) is 14.4. The van der Waals surface area contributed by atoms with Crippen molar-refractivity contribution < 1.29 is 23.5 Å². The number of halogens is 1. The van der Waals surface area contributed by atoms with E-state index in [0.29, 0.717) is 0 Å². The van der Waals surface area contributed by atoms with Crippen LogP contribution in [-0.2, 0) is 14.0 Å². The van der Waals surface area contributed by atoms with Crippen LogP contribution in [0.15, 0.2) is 54.6 Å². The first-order valence-corrected chi connectivity index (χ1v) is 12.8. The molecule has 3 rings (SSSR count). The lowest BCUT2D eigenvalue weighted by atomic mass is 9.57. The van der Waals surface area contributed by atoms with Gasteiger partial charge in [0.25, 0.3) is 0 Å². The van der Waals surface area contributed by atoms with E-state index < -0.39 is 22.4 Å². The van der Waals surface area contributed by atoms with Crippen LogP contribution in [0.25, 0.3) is 28.1 Å². The third kappa shape index (κ3) is 5.07. The van der Waals surface area contributed by atoms with Gasteiger partial charge in [-0.15, -0.1) is 0 Å². The Kier molecular flexibility index (Phi) is 8.01. The van der Waals surface area contributed by atoms with Crippen molar-refractivity contribution >= 4 is 39.2 Å². The van der Waals surface area contributed by atoms with Crippen LogP contribution in [0.5, 0.6) is 0 Å². The predicted molar refractivity (Wildman–Crippen MR) is 147 cm³/mol. The minimum absolute atomic E-state index is 0.0476. The van der Waals surface area contributed by atoms with Gasteiger partial charge in [0.15, 0.2) is 11.4 Å². The van der Waals surface area contributed by atoms with Gasteiger partial charge in [-0.05, 0) is 62.1 Å². The molecular weight excluding hydrogens is 485 g/mol. The van der Waals surface area contributed by atoms with Gasteiger partial charge in [-0.1, -0.05) is 58.0 Å². The maximum Gasteiger partial charge on any atom is 0.335 e. The Balaban J connectivity index is 2.15. The smallest absolute Gasteiger partial charge is 0.335 e. The first-order chi connectivity index (χ1) is 17.2. The Labute approximate surface area is 221 Å². The van der Waals surface area contributed by atoms with Gasteiger partial charge >= 0.3 is 5.97 Å². The number of allylic oxidation sites excluding steroid dienone is 1. The van der Waals surface area contributed by atoms with Gasteiger partial charge in [-0.25, -0.2) is 9.18 Å². The molecule has 1 N–H and O–H groups in total.